The van der Waals surface area contributed by atoms with Crippen LogP contribution in [0.1, 0.15) is 5.56 Å². The van der Waals surface area contributed by atoms with E-state index in [1.54, 1.807) is 28.8 Å². The van der Waals surface area contributed by atoms with Crippen molar-refractivity contribution in [1.82, 2.24) is 9.61 Å². The summed E-state index contributed by atoms with van der Waals surface area (Å²) in [5.74, 6) is 0. The smallest absolute Gasteiger partial charge is 0.238 e. The van der Waals surface area contributed by atoms with Crippen LogP contribution in [0.15, 0.2) is 77.8 Å². The maximum absolute atomic E-state index is 11.5. The third-order valence-corrected chi connectivity index (χ3v) is 5.23. The quantitative estimate of drug-likeness (QED) is 0.595. The first-order valence-electron chi connectivity index (χ1n) is 8.08. The van der Waals surface area contributed by atoms with E-state index < -0.39 is 10.0 Å². The molecule has 0 saturated heterocycles. The number of benzene rings is 2. The van der Waals surface area contributed by atoms with Gasteiger partial charge in [0.2, 0.25) is 10.0 Å². The lowest BCUT2D eigenvalue weighted by Crippen LogP contribution is -2.11. The van der Waals surface area contributed by atoms with Crippen molar-refractivity contribution in [2.24, 2.45) is 5.14 Å². The zero-order valence-electron chi connectivity index (χ0n) is 14.1. The van der Waals surface area contributed by atoms with Gasteiger partial charge in [0.05, 0.1) is 22.0 Å². The van der Waals surface area contributed by atoms with Crippen LogP contribution in [0.4, 0.5) is 0 Å². The predicted molar refractivity (Wildman–Crippen MR) is 102 cm³/mol. The molecule has 0 aliphatic carbocycles. The number of hydrogen-bond donors (Lipinski definition) is 1. The van der Waals surface area contributed by atoms with Crippen LogP contribution in [0.5, 0.6) is 0 Å². The van der Waals surface area contributed by atoms with Gasteiger partial charge in [0.15, 0.2) is 0 Å². The summed E-state index contributed by atoms with van der Waals surface area (Å²) in [7, 11) is -3.75. The van der Waals surface area contributed by atoms with Gasteiger partial charge in [0.1, 0.15) is 5.69 Å². The Hall–Kier alpha value is -3.47. The lowest BCUT2D eigenvalue weighted by molar-refractivity contribution is 0.598. The normalized spacial score (nSPS) is 11.4. The monoisotopic (exact) mass is 374 g/mol. The van der Waals surface area contributed by atoms with Gasteiger partial charge >= 0.3 is 0 Å². The standard InChI is InChI=1S/C20H14N4O2S/c21-13-14-4-6-16(7-5-14)20-19(18-3-1-2-12-24(18)23-20)15-8-10-17(11-9-15)27(22,25)26/h1-12H,(H2,22,25,26). The first-order valence-corrected chi connectivity index (χ1v) is 9.63. The zero-order chi connectivity index (χ0) is 19.0. The Bertz CT molecular complexity index is 1280. The summed E-state index contributed by atoms with van der Waals surface area (Å²) in [5.41, 5.74) is 4.77. The van der Waals surface area contributed by atoms with E-state index in [4.69, 9.17) is 10.4 Å². The van der Waals surface area contributed by atoms with Crippen LogP contribution >= 0.6 is 0 Å². The average Bonchev–Trinajstić information content (AvgIpc) is 3.07. The minimum Gasteiger partial charge on any atom is -0.240 e. The third kappa shape index (κ3) is 3.08. The number of nitriles is 1. The van der Waals surface area contributed by atoms with Gasteiger partial charge in [0.25, 0.3) is 0 Å². The maximum atomic E-state index is 11.5. The predicted octanol–water partition coefficient (Wildman–Crippen LogP) is 3.19. The van der Waals surface area contributed by atoms with E-state index >= 15 is 0 Å². The van der Waals surface area contributed by atoms with Crippen molar-refractivity contribution >= 4 is 15.5 Å². The molecule has 0 radical (unpaired) electrons. The van der Waals surface area contributed by atoms with E-state index in [2.05, 4.69) is 11.2 Å². The summed E-state index contributed by atoms with van der Waals surface area (Å²) >= 11 is 0. The number of sulfonamides is 1. The molecule has 0 aliphatic rings. The van der Waals surface area contributed by atoms with Crippen molar-refractivity contribution in [3.05, 3.63) is 78.5 Å². The second kappa shape index (κ2) is 6.36. The van der Waals surface area contributed by atoms with Crippen molar-refractivity contribution in [3.8, 4) is 28.5 Å². The molecule has 2 N–H and O–H groups in total. The van der Waals surface area contributed by atoms with E-state index in [1.165, 1.54) is 12.1 Å². The average molecular weight is 374 g/mol. The van der Waals surface area contributed by atoms with Gasteiger partial charge in [-0.15, -0.1) is 0 Å². The summed E-state index contributed by atoms with van der Waals surface area (Å²) in [6.45, 7) is 0. The molecule has 27 heavy (non-hydrogen) atoms. The Morgan fingerprint density at radius 3 is 2.22 bits per heavy atom. The molecule has 2 aromatic heterocycles. The molecule has 0 spiro atoms. The molecule has 4 rings (SSSR count). The number of hydrogen-bond acceptors (Lipinski definition) is 4. The third-order valence-electron chi connectivity index (χ3n) is 4.30. The van der Waals surface area contributed by atoms with Crippen LogP contribution in [0.3, 0.4) is 0 Å². The highest BCUT2D eigenvalue weighted by Gasteiger charge is 2.17. The van der Waals surface area contributed by atoms with E-state index in [1.807, 2.05) is 36.5 Å². The molecule has 2 heterocycles. The highest BCUT2D eigenvalue weighted by atomic mass is 32.2. The lowest BCUT2D eigenvalue weighted by atomic mass is 9.99. The fourth-order valence-electron chi connectivity index (χ4n) is 3.00. The second-order valence-corrected chi connectivity index (χ2v) is 7.57. The van der Waals surface area contributed by atoms with Crippen LogP contribution in [-0.2, 0) is 10.0 Å². The molecule has 0 saturated carbocycles. The molecule has 132 valence electrons. The summed E-state index contributed by atoms with van der Waals surface area (Å²) in [4.78, 5) is 0.0580. The molecule has 4 aromatic rings. The number of pyridine rings is 1. The fourth-order valence-corrected chi connectivity index (χ4v) is 3.51. The molecule has 0 unspecified atom stereocenters. The van der Waals surface area contributed by atoms with Gasteiger partial charge < -0.3 is 0 Å². The molecule has 0 atom stereocenters. The highest BCUT2D eigenvalue weighted by molar-refractivity contribution is 7.89. The molecular weight excluding hydrogens is 360 g/mol. The van der Waals surface area contributed by atoms with Crippen molar-refractivity contribution in [2.45, 2.75) is 4.90 Å². The molecule has 0 bridgehead atoms. The molecule has 0 amide bonds. The summed E-state index contributed by atoms with van der Waals surface area (Å²) < 4.78 is 24.8. The van der Waals surface area contributed by atoms with Crippen molar-refractivity contribution in [3.63, 3.8) is 0 Å². The maximum Gasteiger partial charge on any atom is 0.238 e. The summed E-state index contributed by atoms with van der Waals surface area (Å²) in [6.07, 6.45) is 1.85. The number of aromatic nitrogens is 2. The number of primary sulfonamides is 1. The van der Waals surface area contributed by atoms with Crippen molar-refractivity contribution in [2.75, 3.05) is 0 Å². The van der Waals surface area contributed by atoms with E-state index in [0.29, 0.717) is 5.56 Å². The largest absolute Gasteiger partial charge is 0.240 e. The van der Waals surface area contributed by atoms with E-state index in [9.17, 15) is 8.42 Å². The van der Waals surface area contributed by atoms with Gasteiger partial charge in [-0.3, -0.25) is 0 Å². The Morgan fingerprint density at radius 1 is 0.926 bits per heavy atom. The topological polar surface area (TPSA) is 101 Å². The minimum absolute atomic E-state index is 0.0580. The first kappa shape index (κ1) is 17.0. The van der Waals surface area contributed by atoms with Gasteiger partial charge in [-0.25, -0.2) is 18.1 Å². The van der Waals surface area contributed by atoms with E-state index in [0.717, 1.165) is 27.9 Å². The number of nitrogens with zero attached hydrogens (tertiary/aromatic N) is 3. The second-order valence-electron chi connectivity index (χ2n) is 6.01. The first-order chi connectivity index (χ1) is 13.0. The zero-order valence-corrected chi connectivity index (χ0v) is 14.9. The number of nitrogens with two attached hydrogens (primary N) is 1. The van der Waals surface area contributed by atoms with Crippen molar-refractivity contribution < 1.29 is 8.42 Å². The summed E-state index contributed by atoms with van der Waals surface area (Å²) in [6, 6.07) is 21.5. The van der Waals surface area contributed by atoms with E-state index in [-0.39, 0.29) is 4.90 Å². The Balaban J connectivity index is 1.94. The Labute approximate surface area is 156 Å². The van der Waals surface area contributed by atoms with Gasteiger partial charge in [-0.1, -0.05) is 30.3 Å². The molecule has 0 aliphatic heterocycles. The molecular formula is C20H14N4O2S. The lowest BCUT2D eigenvalue weighted by Gasteiger charge is -2.05. The Kier molecular flexibility index (Phi) is 4.00. The summed E-state index contributed by atoms with van der Waals surface area (Å²) in [5, 5.41) is 18.9. The van der Waals surface area contributed by atoms with Crippen LogP contribution in [0, 0.1) is 11.3 Å². The Morgan fingerprint density at radius 2 is 1.59 bits per heavy atom. The van der Waals surface area contributed by atoms with Crippen LogP contribution in [0.2, 0.25) is 0 Å². The molecule has 6 nitrogen and oxygen atoms in total. The molecule has 0 fully saturated rings. The highest BCUT2D eigenvalue weighted by Crippen LogP contribution is 2.35. The molecule has 7 heteroatoms. The van der Waals surface area contributed by atoms with Crippen molar-refractivity contribution in [1.29, 1.82) is 5.26 Å². The van der Waals surface area contributed by atoms with Crippen LogP contribution in [0.25, 0.3) is 27.9 Å². The number of fused-ring (bicyclic) bond motifs is 1. The van der Waals surface area contributed by atoms with Gasteiger partial charge in [0, 0.05) is 17.3 Å². The molecule has 2 aromatic carbocycles. The fraction of sp³-hybridized carbons (Fsp3) is 0. The number of rotatable bonds is 3. The van der Waals surface area contributed by atoms with Crippen LogP contribution < -0.4 is 5.14 Å². The van der Waals surface area contributed by atoms with Crippen LogP contribution in [-0.4, -0.2) is 18.0 Å². The SMILES string of the molecule is N#Cc1ccc(-c2nn3ccccc3c2-c2ccc(S(N)(=O)=O)cc2)cc1. The van der Waals surface area contributed by atoms with Gasteiger partial charge in [-0.05, 0) is 42.0 Å². The minimum atomic E-state index is -3.75. The van der Waals surface area contributed by atoms with Gasteiger partial charge in [-0.2, -0.15) is 10.4 Å².